The normalized spacial score (nSPS) is 10.9. The molecule has 0 aliphatic carbocycles. The van der Waals surface area contributed by atoms with Gasteiger partial charge in [0.15, 0.2) is 5.65 Å². The van der Waals surface area contributed by atoms with Crippen molar-refractivity contribution in [3.05, 3.63) is 70.3 Å². The van der Waals surface area contributed by atoms with Gasteiger partial charge in [-0.1, -0.05) is 12.1 Å². The number of nitrogens with zero attached hydrogens (tertiary/aromatic N) is 6. The molecular weight excluding hydrogens is 442 g/mol. The molecule has 174 valence electrons. The first-order valence-corrected chi connectivity index (χ1v) is 10.5. The number of fused-ring (bicyclic) bond motifs is 1. The van der Waals surface area contributed by atoms with Crippen LogP contribution in [0.4, 0.5) is 11.4 Å². The zero-order valence-corrected chi connectivity index (χ0v) is 18.5. The molecule has 0 saturated carbocycles. The highest BCUT2D eigenvalue weighted by molar-refractivity contribution is 5.96. The topological polar surface area (TPSA) is 147 Å². The molecule has 12 nitrogen and oxygen atoms in total. The molecule has 34 heavy (non-hydrogen) atoms. The lowest BCUT2D eigenvalue weighted by atomic mass is 10.1. The molecule has 0 spiro atoms. The minimum atomic E-state index is -0.504. The second-order valence-corrected chi connectivity index (χ2v) is 7.34. The van der Waals surface area contributed by atoms with E-state index in [1.807, 2.05) is 6.07 Å². The van der Waals surface area contributed by atoms with E-state index in [2.05, 4.69) is 20.5 Å². The van der Waals surface area contributed by atoms with Gasteiger partial charge in [0.05, 0.1) is 23.4 Å². The van der Waals surface area contributed by atoms with Gasteiger partial charge in [-0.3, -0.25) is 19.6 Å². The Morgan fingerprint density at radius 1 is 1.26 bits per heavy atom. The van der Waals surface area contributed by atoms with Gasteiger partial charge in [-0.25, -0.2) is 14.3 Å². The summed E-state index contributed by atoms with van der Waals surface area (Å²) in [7, 11) is 0. The number of aromatic nitrogens is 5. The van der Waals surface area contributed by atoms with Gasteiger partial charge in [-0.15, -0.1) is 0 Å². The number of carbonyl (C=O) groups is 2. The average Bonchev–Trinajstić information content (AvgIpc) is 3.41. The number of benzene rings is 1. The van der Waals surface area contributed by atoms with E-state index in [0.29, 0.717) is 22.7 Å². The van der Waals surface area contributed by atoms with Crippen LogP contribution in [0.3, 0.4) is 0 Å². The van der Waals surface area contributed by atoms with E-state index in [9.17, 15) is 19.7 Å². The van der Waals surface area contributed by atoms with Crippen molar-refractivity contribution in [2.75, 3.05) is 11.9 Å². The summed E-state index contributed by atoms with van der Waals surface area (Å²) in [5.41, 5.74) is 2.84. The molecule has 0 saturated heterocycles. The van der Waals surface area contributed by atoms with Gasteiger partial charge in [-0.2, -0.15) is 10.2 Å². The van der Waals surface area contributed by atoms with Crippen LogP contribution < -0.4 is 5.32 Å². The summed E-state index contributed by atoms with van der Waals surface area (Å²) < 4.78 is 7.98. The zero-order valence-electron chi connectivity index (χ0n) is 18.5. The van der Waals surface area contributed by atoms with Gasteiger partial charge >= 0.3 is 11.7 Å². The molecule has 4 aromatic rings. The first-order valence-electron chi connectivity index (χ1n) is 10.5. The van der Waals surface area contributed by atoms with Crippen LogP contribution in [0.2, 0.25) is 0 Å². The van der Waals surface area contributed by atoms with Gasteiger partial charge in [0.2, 0.25) is 5.91 Å². The summed E-state index contributed by atoms with van der Waals surface area (Å²) in [5, 5.41) is 22.1. The van der Waals surface area contributed by atoms with Gasteiger partial charge in [0.1, 0.15) is 17.5 Å². The number of rotatable bonds is 8. The van der Waals surface area contributed by atoms with E-state index < -0.39 is 10.9 Å². The number of anilines is 1. The Morgan fingerprint density at radius 3 is 2.82 bits per heavy atom. The van der Waals surface area contributed by atoms with Crippen LogP contribution in [-0.2, 0) is 16.1 Å². The van der Waals surface area contributed by atoms with Crippen LogP contribution in [0.5, 0.6) is 0 Å². The van der Waals surface area contributed by atoms with Gasteiger partial charge in [0.25, 0.3) is 0 Å². The lowest BCUT2D eigenvalue weighted by molar-refractivity contribution is -0.385. The molecule has 0 fully saturated rings. The summed E-state index contributed by atoms with van der Waals surface area (Å²) in [5.74, 6) is -0.766. The van der Waals surface area contributed by atoms with Gasteiger partial charge < -0.3 is 10.1 Å². The minimum Gasteiger partial charge on any atom is -0.462 e. The highest BCUT2D eigenvalue weighted by atomic mass is 16.6. The maximum atomic E-state index is 12.4. The monoisotopic (exact) mass is 463 g/mol. The summed E-state index contributed by atoms with van der Waals surface area (Å²) >= 11 is 0. The number of nitro groups is 1. The molecule has 3 aromatic heterocycles. The van der Waals surface area contributed by atoms with Crippen LogP contribution in [0.25, 0.3) is 16.9 Å². The van der Waals surface area contributed by atoms with E-state index in [-0.39, 0.29) is 36.7 Å². The smallest absolute Gasteiger partial charge is 0.343 e. The number of ether oxygens (including phenoxy) is 1. The maximum absolute atomic E-state index is 12.4. The second kappa shape index (κ2) is 9.48. The number of hydrogen-bond donors (Lipinski definition) is 1. The number of esters is 1. The third-order valence-corrected chi connectivity index (χ3v) is 5.02. The molecule has 0 radical (unpaired) electrons. The molecule has 0 atom stereocenters. The molecule has 3 heterocycles. The highest BCUT2D eigenvalue weighted by Crippen LogP contribution is 2.24. The van der Waals surface area contributed by atoms with Crippen molar-refractivity contribution in [2.45, 2.75) is 26.8 Å². The van der Waals surface area contributed by atoms with Crippen molar-refractivity contribution >= 4 is 28.9 Å². The molecule has 1 aromatic carbocycles. The van der Waals surface area contributed by atoms with Crippen LogP contribution in [-0.4, -0.2) is 47.8 Å². The second-order valence-electron chi connectivity index (χ2n) is 7.34. The third-order valence-electron chi connectivity index (χ3n) is 5.02. The van der Waals surface area contributed by atoms with Crippen LogP contribution in [0.1, 0.15) is 29.4 Å². The lowest BCUT2D eigenvalue weighted by Gasteiger charge is -2.09. The fourth-order valence-electron chi connectivity index (χ4n) is 3.46. The maximum Gasteiger partial charge on any atom is 0.343 e. The number of carbonyl (C=O) groups excluding carboxylic acids is 2. The third kappa shape index (κ3) is 4.60. The minimum absolute atomic E-state index is 0.0819. The molecular formula is C22H21N7O5. The van der Waals surface area contributed by atoms with Gasteiger partial charge in [-0.05, 0) is 32.0 Å². The van der Waals surface area contributed by atoms with Crippen molar-refractivity contribution < 1.29 is 19.2 Å². The number of nitrogens with one attached hydrogen (secondary N) is 1. The fourth-order valence-corrected chi connectivity index (χ4v) is 3.46. The Bertz CT molecular complexity index is 1390. The van der Waals surface area contributed by atoms with E-state index in [1.54, 1.807) is 48.8 Å². The zero-order chi connectivity index (χ0) is 24.2. The van der Waals surface area contributed by atoms with E-state index in [0.717, 1.165) is 5.56 Å². The Hall–Kier alpha value is -4.61. The number of hydrogen-bond acceptors (Lipinski definition) is 8. The Kier molecular flexibility index (Phi) is 6.30. The number of aryl methyl sites for hydroxylation is 2. The largest absolute Gasteiger partial charge is 0.462 e. The molecule has 0 bridgehead atoms. The van der Waals surface area contributed by atoms with Gasteiger partial charge in [0, 0.05) is 30.4 Å². The predicted molar refractivity (Wildman–Crippen MR) is 121 cm³/mol. The fraction of sp³-hybridized carbons (Fsp3) is 0.227. The summed E-state index contributed by atoms with van der Waals surface area (Å²) in [6.07, 6.45) is 4.39. The predicted octanol–water partition coefficient (Wildman–Crippen LogP) is 3.01. The quantitative estimate of drug-likeness (QED) is 0.238. The summed E-state index contributed by atoms with van der Waals surface area (Å²) in [6.45, 7) is 3.72. The summed E-state index contributed by atoms with van der Waals surface area (Å²) in [4.78, 5) is 39.3. The molecule has 0 aliphatic heterocycles. The van der Waals surface area contributed by atoms with Crippen LogP contribution >= 0.6 is 0 Å². The lowest BCUT2D eigenvalue weighted by Crippen LogP contribution is -2.14. The molecule has 0 aliphatic rings. The van der Waals surface area contributed by atoms with Crippen LogP contribution in [0.15, 0.2) is 48.9 Å². The van der Waals surface area contributed by atoms with E-state index >= 15 is 0 Å². The first-order chi connectivity index (χ1) is 16.4. The van der Waals surface area contributed by atoms with E-state index in [4.69, 9.17) is 4.74 Å². The standard InChI is InChI=1S/C22H21N7O5/c1-3-34-22(31)17-12-24-28-18(7-9-23-21(17)28)15-5-4-6-16(11-15)25-20(30)8-10-27-13-19(29(32)33)14(2)26-27/h4-7,9,11-13H,3,8,10H2,1-2H3,(H,25,30). The average molecular weight is 463 g/mol. The molecule has 0 unspecified atom stereocenters. The van der Waals surface area contributed by atoms with Crippen molar-refractivity contribution in [2.24, 2.45) is 0 Å². The van der Waals surface area contributed by atoms with Crippen molar-refractivity contribution in [3.8, 4) is 11.3 Å². The molecule has 12 heteroatoms. The highest BCUT2D eigenvalue weighted by Gasteiger charge is 2.18. The summed E-state index contributed by atoms with van der Waals surface area (Å²) in [6, 6.07) is 8.91. The SMILES string of the molecule is CCOC(=O)c1cnn2c(-c3cccc(NC(=O)CCn4cc([N+](=O)[O-])c(C)n4)c3)ccnc12. The van der Waals surface area contributed by atoms with E-state index in [1.165, 1.54) is 17.1 Å². The Morgan fingerprint density at radius 2 is 2.09 bits per heavy atom. The van der Waals surface area contributed by atoms with Crippen LogP contribution in [0, 0.1) is 17.0 Å². The van der Waals surface area contributed by atoms with Crippen molar-refractivity contribution in [3.63, 3.8) is 0 Å². The Balaban J connectivity index is 1.49. The Labute approximate surface area is 193 Å². The van der Waals surface area contributed by atoms with Crippen molar-refractivity contribution in [1.29, 1.82) is 0 Å². The first kappa shape index (κ1) is 22.6. The molecule has 1 N–H and O–H groups in total. The molecule has 1 amide bonds. The number of amides is 1. The van der Waals surface area contributed by atoms with Crippen molar-refractivity contribution in [1.82, 2.24) is 24.4 Å². The molecule has 4 rings (SSSR count).